The van der Waals surface area contributed by atoms with Gasteiger partial charge in [0.2, 0.25) is 0 Å². The van der Waals surface area contributed by atoms with Gasteiger partial charge in [-0.2, -0.15) is 0 Å². The van der Waals surface area contributed by atoms with Crippen molar-refractivity contribution >= 4 is 23.7 Å². The Labute approximate surface area is 230 Å². The highest BCUT2D eigenvalue weighted by molar-refractivity contribution is 6.32. The molecule has 2 aliphatic rings. The van der Waals surface area contributed by atoms with Crippen molar-refractivity contribution in [2.24, 2.45) is 5.41 Å². The number of aliphatic hydroxyl groups is 1. The molecule has 1 aliphatic carbocycles. The van der Waals surface area contributed by atoms with Crippen LogP contribution in [0, 0.1) is 5.41 Å². The van der Waals surface area contributed by atoms with Crippen LogP contribution in [0.5, 0.6) is 5.75 Å². The number of nitrogens with one attached hydrogen (secondary N) is 1. The molecule has 1 amide bonds. The number of carbonyl (C=O) groups is 2. The van der Waals surface area contributed by atoms with E-state index in [2.05, 4.69) is 5.32 Å². The van der Waals surface area contributed by atoms with Crippen LogP contribution in [0.25, 0.3) is 0 Å². The lowest BCUT2D eigenvalue weighted by atomic mass is 9.51. The van der Waals surface area contributed by atoms with Crippen LogP contribution < -0.4 is 10.1 Å². The molecule has 0 spiro atoms. The summed E-state index contributed by atoms with van der Waals surface area (Å²) in [5.74, 6) is -0.269. The molecule has 2 N–H and O–H groups in total. The van der Waals surface area contributed by atoms with Gasteiger partial charge in [-0.05, 0) is 41.5 Å². The number of hydrogen-bond donors (Lipinski definition) is 2. The number of ether oxygens (including phenoxy) is 2. The van der Waals surface area contributed by atoms with E-state index in [-0.39, 0.29) is 0 Å². The van der Waals surface area contributed by atoms with Gasteiger partial charge in [0.15, 0.2) is 0 Å². The SMILES string of the molecule is CC(C)(C)[C@](C(=O)OC(=O)N1CCNCC1)(c1ccc(OCc2ccccc2)c(Cl)c1)C1(O)CCCCC1. The summed E-state index contributed by atoms with van der Waals surface area (Å²) in [5, 5.41) is 15.8. The maximum atomic E-state index is 14.3. The predicted molar refractivity (Wildman–Crippen MR) is 147 cm³/mol. The number of piperazine rings is 1. The maximum Gasteiger partial charge on any atom is 0.417 e. The summed E-state index contributed by atoms with van der Waals surface area (Å²) in [4.78, 5) is 28.9. The number of hydrogen-bond acceptors (Lipinski definition) is 6. The summed E-state index contributed by atoms with van der Waals surface area (Å²) in [6, 6.07) is 15.0. The smallest absolute Gasteiger partial charge is 0.417 e. The summed E-state index contributed by atoms with van der Waals surface area (Å²) < 4.78 is 11.6. The lowest BCUT2D eigenvalue weighted by molar-refractivity contribution is -0.175. The number of carbonyl (C=O) groups excluding carboxylic acids is 2. The minimum absolute atomic E-state index is 0.327. The summed E-state index contributed by atoms with van der Waals surface area (Å²) in [6.07, 6.45) is 2.69. The van der Waals surface area contributed by atoms with Gasteiger partial charge in [-0.3, -0.25) is 4.79 Å². The highest BCUT2D eigenvalue weighted by Gasteiger charge is 2.64. The first-order valence-electron chi connectivity index (χ1n) is 13.5. The molecule has 0 bridgehead atoms. The van der Waals surface area contributed by atoms with E-state index in [1.54, 1.807) is 18.2 Å². The fourth-order valence-electron chi connectivity index (χ4n) is 6.18. The van der Waals surface area contributed by atoms with E-state index in [9.17, 15) is 14.7 Å². The second kappa shape index (κ2) is 11.6. The average molecular weight is 543 g/mol. The summed E-state index contributed by atoms with van der Waals surface area (Å²) in [5.41, 5.74) is -2.24. The lowest BCUT2D eigenvalue weighted by Crippen LogP contribution is -2.65. The van der Waals surface area contributed by atoms with Gasteiger partial charge in [-0.1, -0.05) is 88.0 Å². The quantitative estimate of drug-likeness (QED) is 0.372. The number of rotatable bonds is 6. The monoisotopic (exact) mass is 542 g/mol. The van der Waals surface area contributed by atoms with E-state index in [1.807, 2.05) is 51.1 Å². The zero-order chi connectivity index (χ0) is 27.4. The zero-order valence-corrected chi connectivity index (χ0v) is 23.4. The average Bonchev–Trinajstić information content (AvgIpc) is 2.89. The van der Waals surface area contributed by atoms with E-state index in [0.29, 0.717) is 62.0 Å². The Morgan fingerprint density at radius 3 is 2.29 bits per heavy atom. The molecular weight excluding hydrogens is 504 g/mol. The Morgan fingerprint density at radius 2 is 1.68 bits per heavy atom. The van der Waals surface area contributed by atoms with Gasteiger partial charge in [0.25, 0.3) is 0 Å². The highest BCUT2D eigenvalue weighted by Crippen LogP contribution is 2.55. The molecule has 1 saturated carbocycles. The van der Waals surface area contributed by atoms with Gasteiger partial charge < -0.3 is 24.8 Å². The highest BCUT2D eigenvalue weighted by atomic mass is 35.5. The van der Waals surface area contributed by atoms with E-state index >= 15 is 0 Å². The number of esters is 1. The Morgan fingerprint density at radius 1 is 1.03 bits per heavy atom. The third kappa shape index (κ3) is 5.56. The van der Waals surface area contributed by atoms with Crippen LogP contribution in [0.1, 0.15) is 64.0 Å². The normalized spacial score (nSPS) is 19.3. The number of halogens is 1. The third-order valence-electron chi connectivity index (χ3n) is 7.97. The minimum atomic E-state index is -1.54. The van der Waals surface area contributed by atoms with Crippen LogP contribution in [0.15, 0.2) is 48.5 Å². The van der Waals surface area contributed by atoms with E-state index < -0.39 is 28.5 Å². The summed E-state index contributed by atoms with van der Waals surface area (Å²) >= 11 is 6.73. The second-order valence-electron chi connectivity index (χ2n) is 11.4. The topological polar surface area (TPSA) is 88.1 Å². The van der Waals surface area contributed by atoms with Crippen LogP contribution in [0.2, 0.25) is 5.02 Å². The second-order valence-corrected chi connectivity index (χ2v) is 11.8. The molecule has 2 fully saturated rings. The summed E-state index contributed by atoms with van der Waals surface area (Å²) in [7, 11) is 0. The number of benzene rings is 2. The first-order valence-corrected chi connectivity index (χ1v) is 13.9. The number of nitrogens with zero attached hydrogens (tertiary/aromatic N) is 1. The molecular formula is C30H39ClN2O5. The molecule has 1 atom stereocenters. The van der Waals surface area contributed by atoms with Crippen molar-refractivity contribution in [3.8, 4) is 5.75 Å². The lowest BCUT2D eigenvalue weighted by Gasteiger charge is -2.54. The van der Waals surface area contributed by atoms with Gasteiger partial charge in [0, 0.05) is 26.2 Å². The molecule has 2 aromatic carbocycles. The molecule has 0 aromatic heterocycles. The predicted octanol–water partition coefficient (Wildman–Crippen LogP) is 5.47. The van der Waals surface area contributed by atoms with Crippen LogP contribution in [0.4, 0.5) is 4.79 Å². The molecule has 7 nitrogen and oxygen atoms in total. The van der Waals surface area contributed by atoms with Gasteiger partial charge in [0.1, 0.15) is 17.8 Å². The van der Waals surface area contributed by atoms with Crippen LogP contribution >= 0.6 is 11.6 Å². The maximum absolute atomic E-state index is 14.3. The van der Waals surface area contributed by atoms with Gasteiger partial charge in [0.05, 0.1) is 10.6 Å². The van der Waals surface area contributed by atoms with Crippen molar-refractivity contribution < 1.29 is 24.2 Å². The van der Waals surface area contributed by atoms with Crippen molar-refractivity contribution in [2.45, 2.75) is 70.5 Å². The van der Waals surface area contributed by atoms with Crippen molar-refractivity contribution in [2.75, 3.05) is 26.2 Å². The molecule has 1 heterocycles. The molecule has 1 saturated heterocycles. The molecule has 206 valence electrons. The van der Waals surface area contributed by atoms with E-state index in [1.165, 1.54) is 4.90 Å². The van der Waals surface area contributed by atoms with Gasteiger partial charge >= 0.3 is 12.1 Å². The molecule has 2 aromatic rings. The molecule has 4 rings (SSSR count). The molecule has 0 unspecified atom stereocenters. The first-order chi connectivity index (χ1) is 18.1. The minimum Gasteiger partial charge on any atom is -0.487 e. The van der Waals surface area contributed by atoms with E-state index in [0.717, 1.165) is 24.8 Å². The molecule has 0 radical (unpaired) electrons. The van der Waals surface area contributed by atoms with Gasteiger partial charge in [-0.15, -0.1) is 0 Å². The van der Waals surface area contributed by atoms with Crippen LogP contribution in [0.3, 0.4) is 0 Å². The summed E-state index contributed by atoms with van der Waals surface area (Å²) in [6.45, 7) is 8.25. The van der Waals surface area contributed by atoms with Crippen molar-refractivity contribution in [1.82, 2.24) is 10.2 Å². The molecule has 8 heteroatoms. The Kier molecular flexibility index (Phi) is 8.70. The fourth-order valence-corrected chi connectivity index (χ4v) is 6.41. The van der Waals surface area contributed by atoms with E-state index in [4.69, 9.17) is 21.1 Å². The van der Waals surface area contributed by atoms with Crippen molar-refractivity contribution in [3.63, 3.8) is 0 Å². The van der Waals surface area contributed by atoms with Crippen LogP contribution in [-0.2, 0) is 21.6 Å². The largest absolute Gasteiger partial charge is 0.487 e. The molecule has 1 aliphatic heterocycles. The van der Waals surface area contributed by atoms with Crippen LogP contribution in [-0.4, -0.2) is 53.8 Å². The van der Waals surface area contributed by atoms with Crippen molar-refractivity contribution in [1.29, 1.82) is 0 Å². The first kappa shape index (κ1) is 28.4. The third-order valence-corrected chi connectivity index (χ3v) is 8.26. The Hall–Kier alpha value is -2.61. The fraction of sp³-hybridized carbons (Fsp3) is 0.533. The zero-order valence-electron chi connectivity index (χ0n) is 22.6. The Balaban J connectivity index is 1.73. The Bertz CT molecular complexity index is 1120. The van der Waals surface area contributed by atoms with Crippen molar-refractivity contribution in [3.05, 3.63) is 64.7 Å². The molecule has 38 heavy (non-hydrogen) atoms. The standard InChI is InChI=1S/C30H39ClN2O5/c1-28(2,3)30(29(36)14-8-5-9-15-29,26(34)38-27(35)33-18-16-32-17-19-33)23-12-13-25(24(31)20-23)37-21-22-10-6-4-7-11-22/h4,6-7,10-13,20,32,36H,5,8-9,14-19,21H2,1-3H3/t30-/m1/s1. The van der Waals surface area contributed by atoms with Gasteiger partial charge in [-0.25, -0.2) is 4.79 Å². The number of amides is 1.